The van der Waals surface area contributed by atoms with Crippen molar-refractivity contribution in [1.82, 2.24) is 0 Å². The molecule has 0 aromatic heterocycles. The number of benzene rings is 1. The van der Waals surface area contributed by atoms with E-state index in [-0.39, 0.29) is 28.9 Å². The molecule has 0 heterocycles. The van der Waals surface area contributed by atoms with Crippen molar-refractivity contribution >= 4 is 17.4 Å². The number of carbonyl (C=O) groups is 2. The van der Waals surface area contributed by atoms with Gasteiger partial charge in [-0.25, -0.2) is 4.99 Å². The van der Waals surface area contributed by atoms with Gasteiger partial charge in [-0.05, 0) is 30.7 Å². The molecule has 0 radical (unpaired) electrons. The van der Waals surface area contributed by atoms with Crippen molar-refractivity contribution in [2.75, 3.05) is 0 Å². The molecule has 1 aromatic rings. The topological polar surface area (TPSA) is 76.0 Å². The molecule has 102 valence electrons. The number of allylic oxidation sites excluding steroid dienone is 3. The van der Waals surface area contributed by atoms with Gasteiger partial charge < -0.3 is 9.84 Å². The van der Waals surface area contributed by atoms with Crippen LogP contribution in [0.5, 0.6) is 11.5 Å². The van der Waals surface area contributed by atoms with Crippen LogP contribution in [-0.4, -0.2) is 22.5 Å². The van der Waals surface area contributed by atoms with E-state index in [1.807, 2.05) is 0 Å². The van der Waals surface area contributed by atoms with Crippen LogP contribution in [0.3, 0.4) is 0 Å². The van der Waals surface area contributed by atoms with Crippen LogP contribution in [0.4, 0.5) is 0 Å². The molecule has 1 amide bonds. The minimum Gasteiger partial charge on any atom is -0.508 e. The van der Waals surface area contributed by atoms with Gasteiger partial charge in [-0.15, -0.1) is 0 Å². The Kier molecular flexibility index (Phi) is 3.79. The van der Waals surface area contributed by atoms with Crippen molar-refractivity contribution in [3.8, 4) is 11.5 Å². The average molecular weight is 271 g/mol. The van der Waals surface area contributed by atoms with Gasteiger partial charge in [0.05, 0.1) is 0 Å². The van der Waals surface area contributed by atoms with Crippen molar-refractivity contribution in [3.05, 3.63) is 47.7 Å². The molecule has 0 saturated carbocycles. The first-order chi connectivity index (χ1) is 9.45. The molecular weight excluding hydrogens is 258 g/mol. The first kappa shape index (κ1) is 13.7. The zero-order chi connectivity index (χ0) is 14.7. The van der Waals surface area contributed by atoms with Crippen LogP contribution in [-0.2, 0) is 9.59 Å². The van der Waals surface area contributed by atoms with Crippen molar-refractivity contribution in [1.29, 1.82) is 0 Å². The van der Waals surface area contributed by atoms with Gasteiger partial charge >= 0.3 is 0 Å². The number of aliphatic imine (C=N–C) groups is 1. The summed E-state index contributed by atoms with van der Waals surface area (Å²) in [5.74, 6) is -0.00706. The Bertz CT molecular complexity index is 668. The Hall–Kier alpha value is -2.69. The largest absolute Gasteiger partial charge is 0.508 e. The van der Waals surface area contributed by atoms with Crippen molar-refractivity contribution in [2.45, 2.75) is 13.8 Å². The quantitative estimate of drug-likeness (QED) is 0.836. The predicted molar refractivity (Wildman–Crippen MR) is 73.8 cm³/mol. The number of phenols is 1. The Morgan fingerprint density at radius 1 is 1.30 bits per heavy atom. The predicted octanol–water partition coefficient (Wildman–Crippen LogP) is 2.09. The minimum absolute atomic E-state index is 0.0499. The highest BCUT2D eigenvalue weighted by Crippen LogP contribution is 2.26. The van der Waals surface area contributed by atoms with Crippen LogP contribution >= 0.6 is 0 Å². The second kappa shape index (κ2) is 5.52. The molecule has 1 aliphatic rings. The summed E-state index contributed by atoms with van der Waals surface area (Å²) >= 11 is 0. The molecule has 0 spiro atoms. The summed E-state index contributed by atoms with van der Waals surface area (Å²) in [6.07, 6.45) is 3.99. The zero-order valence-corrected chi connectivity index (χ0v) is 11.1. The fourth-order valence-corrected chi connectivity index (χ4v) is 1.66. The Labute approximate surface area is 115 Å². The fraction of sp³-hybridized carbons (Fsp3) is 0.133. The van der Waals surface area contributed by atoms with Gasteiger partial charge in [0.15, 0.2) is 11.5 Å². The average Bonchev–Trinajstić information content (AvgIpc) is 2.37. The van der Waals surface area contributed by atoms with Gasteiger partial charge in [-0.3, -0.25) is 9.59 Å². The van der Waals surface area contributed by atoms with E-state index in [0.29, 0.717) is 5.75 Å². The Morgan fingerprint density at radius 2 is 2.05 bits per heavy atom. The number of nitrogens with zero attached hydrogens (tertiary/aromatic N) is 1. The smallest absolute Gasteiger partial charge is 0.243 e. The fourth-order valence-electron chi connectivity index (χ4n) is 1.66. The van der Waals surface area contributed by atoms with Crippen LogP contribution in [0.2, 0.25) is 0 Å². The Morgan fingerprint density at radius 3 is 2.75 bits per heavy atom. The molecule has 0 unspecified atom stereocenters. The third-order valence-corrected chi connectivity index (χ3v) is 2.60. The van der Waals surface area contributed by atoms with Crippen molar-refractivity contribution < 1.29 is 19.4 Å². The van der Waals surface area contributed by atoms with Crippen LogP contribution in [0, 0.1) is 6.92 Å². The van der Waals surface area contributed by atoms with Gasteiger partial charge in [0.2, 0.25) is 5.91 Å². The number of rotatable bonds is 2. The zero-order valence-electron chi connectivity index (χ0n) is 11.1. The van der Waals surface area contributed by atoms with Crippen LogP contribution in [0.25, 0.3) is 0 Å². The minimum atomic E-state index is -0.388. The number of aryl methyl sites for hydroxylation is 1. The van der Waals surface area contributed by atoms with Gasteiger partial charge in [0.25, 0.3) is 0 Å². The van der Waals surface area contributed by atoms with E-state index in [9.17, 15) is 14.7 Å². The number of amides is 1. The molecular formula is C15H13NO4. The highest BCUT2D eigenvalue weighted by molar-refractivity contribution is 6.20. The third kappa shape index (κ3) is 3.20. The number of carbonyl (C=O) groups excluding carboxylic acids is 2. The maximum Gasteiger partial charge on any atom is 0.243 e. The van der Waals surface area contributed by atoms with E-state index in [0.717, 1.165) is 5.56 Å². The van der Waals surface area contributed by atoms with Crippen molar-refractivity contribution in [2.24, 2.45) is 4.99 Å². The Balaban J connectivity index is 2.36. The summed E-state index contributed by atoms with van der Waals surface area (Å²) in [4.78, 5) is 26.3. The van der Waals surface area contributed by atoms with E-state index in [4.69, 9.17) is 4.74 Å². The number of aromatic hydroxyl groups is 1. The monoisotopic (exact) mass is 271 g/mol. The van der Waals surface area contributed by atoms with Crippen LogP contribution in [0.15, 0.2) is 47.2 Å². The molecule has 1 aliphatic carbocycles. The molecule has 20 heavy (non-hydrogen) atoms. The molecule has 1 N–H and O–H groups in total. The van der Waals surface area contributed by atoms with Crippen LogP contribution in [0.1, 0.15) is 12.5 Å². The molecule has 2 rings (SSSR count). The maximum atomic E-state index is 11.4. The van der Waals surface area contributed by atoms with Gasteiger partial charge in [-0.1, -0.05) is 6.07 Å². The number of hydrogen-bond acceptors (Lipinski definition) is 4. The standard InChI is InChI=1S/C15H13NO4/c1-9-3-4-11(18)7-14(9)20-15-8-12(19)5-6-13(15)16-10(2)17/h3-8,18H,1-2H3/b16-13+. The summed E-state index contributed by atoms with van der Waals surface area (Å²) in [5, 5.41) is 9.47. The lowest BCUT2D eigenvalue weighted by atomic mass is 10.1. The van der Waals surface area contributed by atoms with Crippen LogP contribution < -0.4 is 4.74 Å². The van der Waals surface area contributed by atoms with E-state index < -0.39 is 0 Å². The number of hydrogen-bond donors (Lipinski definition) is 1. The lowest BCUT2D eigenvalue weighted by molar-refractivity contribution is -0.115. The summed E-state index contributed by atoms with van der Waals surface area (Å²) in [7, 11) is 0. The molecule has 0 bridgehead atoms. The first-order valence-electron chi connectivity index (χ1n) is 5.96. The second-order valence-electron chi connectivity index (χ2n) is 4.31. The highest BCUT2D eigenvalue weighted by atomic mass is 16.5. The lowest BCUT2D eigenvalue weighted by Gasteiger charge is -2.14. The molecule has 5 nitrogen and oxygen atoms in total. The second-order valence-corrected chi connectivity index (χ2v) is 4.31. The number of ketones is 1. The summed E-state index contributed by atoms with van der Waals surface area (Å²) in [6.45, 7) is 3.12. The third-order valence-electron chi connectivity index (χ3n) is 2.60. The SMILES string of the molecule is CC(=O)/N=C1\C=CC(=O)C=C1Oc1cc(O)ccc1C. The van der Waals surface area contributed by atoms with E-state index in [1.54, 1.807) is 13.0 Å². The van der Waals surface area contributed by atoms with Gasteiger partial charge in [-0.2, -0.15) is 0 Å². The molecule has 1 aromatic carbocycles. The molecule has 0 atom stereocenters. The van der Waals surface area contributed by atoms with Gasteiger partial charge in [0.1, 0.15) is 17.2 Å². The van der Waals surface area contributed by atoms with Gasteiger partial charge in [0, 0.05) is 19.1 Å². The van der Waals surface area contributed by atoms with Crippen molar-refractivity contribution in [3.63, 3.8) is 0 Å². The maximum absolute atomic E-state index is 11.4. The molecule has 0 aliphatic heterocycles. The number of ether oxygens (including phenoxy) is 1. The number of phenolic OH excluding ortho intramolecular Hbond substituents is 1. The molecule has 5 heteroatoms. The van der Waals surface area contributed by atoms with E-state index in [1.165, 1.54) is 37.3 Å². The first-order valence-corrected chi connectivity index (χ1v) is 5.96. The lowest BCUT2D eigenvalue weighted by Crippen LogP contribution is -2.14. The molecule has 0 saturated heterocycles. The summed E-state index contributed by atoms with van der Waals surface area (Å²) in [6, 6.07) is 4.66. The van der Waals surface area contributed by atoms with E-state index >= 15 is 0 Å². The normalized spacial score (nSPS) is 16.2. The van der Waals surface area contributed by atoms with E-state index in [2.05, 4.69) is 4.99 Å². The molecule has 0 fully saturated rings. The highest BCUT2D eigenvalue weighted by Gasteiger charge is 2.16. The summed E-state index contributed by atoms with van der Waals surface area (Å²) in [5.41, 5.74) is 1.06. The summed E-state index contributed by atoms with van der Waals surface area (Å²) < 4.78 is 5.60.